The first-order chi connectivity index (χ1) is 8.45. The zero-order chi connectivity index (χ0) is 13.7. The van der Waals surface area contributed by atoms with Crippen LogP contribution >= 0.6 is 0 Å². The van der Waals surface area contributed by atoms with Gasteiger partial charge in [-0.25, -0.2) is 4.39 Å². The molecule has 0 aromatic heterocycles. The predicted molar refractivity (Wildman–Crippen MR) is 58.9 cm³/mol. The van der Waals surface area contributed by atoms with E-state index in [2.05, 4.69) is 0 Å². The van der Waals surface area contributed by atoms with Gasteiger partial charge in [-0.3, -0.25) is 4.79 Å². The van der Waals surface area contributed by atoms with E-state index in [1.165, 1.54) is 6.07 Å². The number of nitrogens with zero attached hydrogens (tertiary/aromatic N) is 1. The molecule has 0 heterocycles. The highest BCUT2D eigenvalue weighted by Gasteiger charge is 2.23. The lowest BCUT2D eigenvalue weighted by Gasteiger charge is -2.19. The maximum Gasteiger partial charge on any atom is 0.306 e. The number of halogens is 1. The molecule has 2 unspecified atom stereocenters. The van der Waals surface area contributed by atoms with Gasteiger partial charge in [0.15, 0.2) is 0 Å². The largest absolute Gasteiger partial charge is 0.481 e. The summed E-state index contributed by atoms with van der Waals surface area (Å²) in [5.41, 5.74) is 0.390. The molecule has 0 bridgehead atoms. The molecular formula is C12H12FNO4. The van der Waals surface area contributed by atoms with E-state index in [-0.39, 0.29) is 12.0 Å². The second kappa shape index (κ2) is 6.10. The standard InChI is InChI=1S/C12H12FNO4/c13-8-2-1-7(3-4-14)9(5-8)12(18)10(15)6-11(16)17/h1-2,5,10,12,15,18H,3,6H2,(H,16,17). The quantitative estimate of drug-likeness (QED) is 0.719. The van der Waals surface area contributed by atoms with Gasteiger partial charge in [0.2, 0.25) is 0 Å². The first-order valence-electron chi connectivity index (χ1n) is 5.19. The van der Waals surface area contributed by atoms with Gasteiger partial charge in [0.1, 0.15) is 11.9 Å². The number of carboxylic acids is 1. The average Bonchev–Trinajstić information content (AvgIpc) is 2.30. The van der Waals surface area contributed by atoms with Crippen LogP contribution in [-0.4, -0.2) is 27.4 Å². The van der Waals surface area contributed by atoms with Gasteiger partial charge in [0.05, 0.1) is 25.0 Å². The van der Waals surface area contributed by atoms with E-state index >= 15 is 0 Å². The monoisotopic (exact) mass is 253 g/mol. The van der Waals surface area contributed by atoms with Crippen molar-refractivity contribution in [2.45, 2.75) is 25.0 Å². The van der Waals surface area contributed by atoms with E-state index in [4.69, 9.17) is 10.4 Å². The Kier molecular flexibility index (Phi) is 4.77. The topological polar surface area (TPSA) is 102 Å². The van der Waals surface area contributed by atoms with Crippen molar-refractivity contribution < 1.29 is 24.5 Å². The average molecular weight is 253 g/mol. The highest BCUT2D eigenvalue weighted by Crippen LogP contribution is 2.24. The van der Waals surface area contributed by atoms with Crippen LogP contribution in [0.4, 0.5) is 4.39 Å². The molecule has 0 radical (unpaired) electrons. The van der Waals surface area contributed by atoms with Crippen LogP contribution in [0.15, 0.2) is 18.2 Å². The summed E-state index contributed by atoms with van der Waals surface area (Å²) in [7, 11) is 0. The van der Waals surface area contributed by atoms with Gasteiger partial charge in [0.25, 0.3) is 0 Å². The number of carboxylic acid groups (broad SMARTS) is 1. The predicted octanol–water partition coefficient (Wildman–Crippen LogP) is 0.761. The Labute approximate surface area is 103 Å². The van der Waals surface area contributed by atoms with E-state index in [1.807, 2.05) is 6.07 Å². The van der Waals surface area contributed by atoms with Crippen molar-refractivity contribution in [2.24, 2.45) is 0 Å². The van der Waals surface area contributed by atoms with Gasteiger partial charge in [-0.15, -0.1) is 0 Å². The van der Waals surface area contributed by atoms with Gasteiger partial charge < -0.3 is 15.3 Å². The highest BCUT2D eigenvalue weighted by molar-refractivity contribution is 5.67. The molecule has 0 amide bonds. The molecule has 5 nitrogen and oxygen atoms in total. The zero-order valence-electron chi connectivity index (χ0n) is 9.38. The smallest absolute Gasteiger partial charge is 0.306 e. The van der Waals surface area contributed by atoms with Gasteiger partial charge >= 0.3 is 5.97 Å². The summed E-state index contributed by atoms with van der Waals surface area (Å²) in [6.07, 6.45) is -3.82. The number of rotatable bonds is 5. The molecule has 0 fully saturated rings. The Balaban J connectivity index is 3.03. The Bertz CT molecular complexity index is 483. The molecule has 6 heteroatoms. The Morgan fingerprint density at radius 3 is 2.67 bits per heavy atom. The van der Waals surface area contributed by atoms with E-state index in [1.54, 1.807) is 0 Å². The third-order valence-electron chi connectivity index (χ3n) is 2.44. The fraction of sp³-hybridized carbons (Fsp3) is 0.333. The second-order valence-electron chi connectivity index (χ2n) is 3.79. The van der Waals surface area contributed by atoms with Crippen molar-refractivity contribution in [1.82, 2.24) is 0 Å². The first-order valence-corrected chi connectivity index (χ1v) is 5.19. The lowest BCUT2D eigenvalue weighted by atomic mass is 9.95. The number of hydrogen-bond donors (Lipinski definition) is 3. The van der Waals surface area contributed by atoms with Crippen LogP contribution in [0, 0.1) is 17.1 Å². The number of carbonyl (C=O) groups is 1. The molecule has 18 heavy (non-hydrogen) atoms. The fourth-order valence-electron chi connectivity index (χ4n) is 1.59. The fourth-order valence-corrected chi connectivity index (χ4v) is 1.59. The minimum Gasteiger partial charge on any atom is -0.481 e. The second-order valence-corrected chi connectivity index (χ2v) is 3.79. The number of benzene rings is 1. The lowest BCUT2D eigenvalue weighted by molar-refractivity contribution is -0.141. The SMILES string of the molecule is N#CCc1ccc(F)cc1C(O)C(O)CC(=O)O. The lowest BCUT2D eigenvalue weighted by Crippen LogP contribution is -2.22. The first kappa shape index (κ1) is 14.1. The highest BCUT2D eigenvalue weighted by atomic mass is 19.1. The van der Waals surface area contributed by atoms with Gasteiger partial charge in [0, 0.05) is 0 Å². The summed E-state index contributed by atoms with van der Waals surface area (Å²) < 4.78 is 13.1. The van der Waals surface area contributed by atoms with Crippen molar-refractivity contribution in [1.29, 1.82) is 5.26 Å². The third-order valence-corrected chi connectivity index (χ3v) is 2.44. The molecule has 3 N–H and O–H groups in total. The zero-order valence-corrected chi connectivity index (χ0v) is 9.38. The summed E-state index contributed by atoms with van der Waals surface area (Å²) in [5.74, 6) is -1.91. The van der Waals surface area contributed by atoms with E-state index in [9.17, 15) is 19.4 Å². The molecule has 0 aliphatic heterocycles. The number of aliphatic hydroxyl groups excluding tert-OH is 2. The molecule has 1 aromatic rings. The Hall–Kier alpha value is -1.97. The minimum atomic E-state index is -1.55. The molecule has 1 aromatic carbocycles. The van der Waals surface area contributed by atoms with E-state index < -0.39 is 30.4 Å². The molecular weight excluding hydrogens is 241 g/mol. The van der Waals surface area contributed by atoms with Crippen LogP contribution in [0.2, 0.25) is 0 Å². The molecule has 1 rings (SSSR count). The van der Waals surface area contributed by atoms with Gasteiger partial charge in [-0.2, -0.15) is 5.26 Å². The minimum absolute atomic E-state index is 0.0327. The van der Waals surface area contributed by atoms with Crippen molar-refractivity contribution >= 4 is 5.97 Å². The van der Waals surface area contributed by atoms with Gasteiger partial charge in [-0.1, -0.05) is 6.07 Å². The van der Waals surface area contributed by atoms with E-state index in [0.717, 1.165) is 12.1 Å². The molecule has 0 saturated carbocycles. The van der Waals surface area contributed by atoms with Crippen LogP contribution in [0.3, 0.4) is 0 Å². The summed E-state index contributed by atoms with van der Waals surface area (Å²) in [6.45, 7) is 0. The van der Waals surface area contributed by atoms with Crippen LogP contribution in [0.25, 0.3) is 0 Å². The maximum atomic E-state index is 13.1. The number of nitriles is 1. The molecule has 96 valence electrons. The van der Waals surface area contributed by atoms with E-state index in [0.29, 0.717) is 5.56 Å². The van der Waals surface area contributed by atoms with Crippen molar-refractivity contribution in [2.75, 3.05) is 0 Å². The summed E-state index contributed by atoms with van der Waals surface area (Å²) in [6, 6.07) is 5.29. The molecule has 0 spiro atoms. The summed E-state index contributed by atoms with van der Waals surface area (Å²) >= 11 is 0. The number of hydrogen-bond acceptors (Lipinski definition) is 4. The van der Waals surface area contributed by atoms with Crippen LogP contribution in [0.1, 0.15) is 23.7 Å². The van der Waals surface area contributed by atoms with Crippen LogP contribution < -0.4 is 0 Å². The van der Waals surface area contributed by atoms with Crippen molar-refractivity contribution in [3.05, 3.63) is 35.1 Å². The molecule has 0 saturated heterocycles. The molecule has 0 aliphatic carbocycles. The van der Waals surface area contributed by atoms with Crippen molar-refractivity contribution in [3.8, 4) is 6.07 Å². The Morgan fingerprint density at radius 2 is 2.11 bits per heavy atom. The maximum absolute atomic E-state index is 13.1. The molecule has 0 aliphatic rings. The normalized spacial score (nSPS) is 13.7. The number of aliphatic hydroxyl groups is 2. The van der Waals surface area contributed by atoms with Crippen LogP contribution in [-0.2, 0) is 11.2 Å². The van der Waals surface area contributed by atoms with Gasteiger partial charge in [-0.05, 0) is 23.3 Å². The van der Waals surface area contributed by atoms with Crippen LogP contribution in [0.5, 0.6) is 0 Å². The third kappa shape index (κ3) is 3.52. The Morgan fingerprint density at radius 1 is 1.44 bits per heavy atom. The van der Waals surface area contributed by atoms with Crippen molar-refractivity contribution in [3.63, 3.8) is 0 Å². The summed E-state index contributed by atoms with van der Waals surface area (Å²) in [4.78, 5) is 10.4. The number of aliphatic carboxylic acids is 1. The molecule has 2 atom stereocenters. The summed E-state index contributed by atoms with van der Waals surface area (Å²) in [5, 5.41) is 36.4.